The van der Waals surface area contributed by atoms with Crippen LogP contribution in [0, 0.1) is 0 Å². The molecular formula is C12H14O2. The third-order valence-electron chi connectivity index (χ3n) is 1.76. The first-order valence-corrected chi connectivity index (χ1v) is 4.63. The van der Waals surface area contributed by atoms with Crippen molar-refractivity contribution in [3.63, 3.8) is 0 Å². The molecule has 0 fully saturated rings. The van der Waals surface area contributed by atoms with Crippen LogP contribution in [0.1, 0.15) is 13.3 Å². The van der Waals surface area contributed by atoms with E-state index in [1.165, 1.54) is 6.92 Å². The van der Waals surface area contributed by atoms with E-state index in [1.807, 2.05) is 42.5 Å². The molecule has 2 nitrogen and oxygen atoms in total. The summed E-state index contributed by atoms with van der Waals surface area (Å²) in [4.78, 5) is 10.5. The Morgan fingerprint density at radius 2 is 1.93 bits per heavy atom. The van der Waals surface area contributed by atoms with Crippen LogP contribution in [0.4, 0.5) is 0 Å². The minimum atomic E-state index is -0.226. The Hall–Kier alpha value is -1.57. The second-order valence-corrected chi connectivity index (χ2v) is 2.96. The Morgan fingerprint density at radius 3 is 2.71 bits per heavy atom. The highest BCUT2D eigenvalue weighted by Crippen LogP contribution is 2.06. The number of carbonyl (C=O) groups excluding carboxylic acids is 1. The molecule has 0 amide bonds. The van der Waals surface area contributed by atoms with Crippen LogP contribution in [0.2, 0.25) is 0 Å². The first-order valence-electron chi connectivity index (χ1n) is 4.63. The standard InChI is InChI=1S/C12H14O2/c1-11(13)14-10-9-12-7-5-3-2-4-6-8-12/h2-8H,9-10H2,1H3/b3-2-,4-2?,5-3?,6-4-,7-5-,8-6?,12-7?,12-8+. The molecule has 0 unspecified atom stereocenters. The highest BCUT2D eigenvalue weighted by Gasteiger charge is 1.95. The molecule has 1 aliphatic rings. The van der Waals surface area contributed by atoms with Crippen LogP contribution in [0.25, 0.3) is 0 Å². The Labute approximate surface area is 84.3 Å². The number of rotatable bonds is 3. The number of hydrogen-bond acceptors (Lipinski definition) is 2. The van der Waals surface area contributed by atoms with Crippen molar-refractivity contribution in [2.45, 2.75) is 13.3 Å². The second-order valence-electron chi connectivity index (χ2n) is 2.96. The van der Waals surface area contributed by atoms with Gasteiger partial charge in [0.15, 0.2) is 0 Å². The SMILES string of the molecule is CC(=O)OCCC1=C/C=C\C=C/C=C\1. The van der Waals surface area contributed by atoms with Gasteiger partial charge in [-0.25, -0.2) is 0 Å². The van der Waals surface area contributed by atoms with Crippen LogP contribution in [-0.2, 0) is 9.53 Å². The van der Waals surface area contributed by atoms with Crippen molar-refractivity contribution in [3.05, 3.63) is 48.1 Å². The van der Waals surface area contributed by atoms with Crippen LogP contribution >= 0.6 is 0 Å². The molecule has 0 radical (unpaired) electrons. The number of ether oxygens (including phenoxy) is 1. The van der Waals surface area contributed by atoms with E-state index in [-0.39, 0.29) is 5.97 Å². The minimum Gasteiger partial charge on any atom is -0.466 e. The van der Waals surface area contributed by atoms with Crippen molar-refractivity contribution in [1.29, 1.82) is 0 Å². The molecule has 0 aromatic rings. The van der Waals surface area contributed by atoms with Gasteiger partial charge in [-0.05, 0) is 5.57 Å². The van der Waals surface area contributed by atoms with Gasteiger partial charge in [0.2, 0.25) is 0 Å². The molecule has 14 heavy (non-hydrogen) atoms. The predicted octanol–water partition coefficient (Wildman–Crippen LogP) is 2.55. The summed E-state index contributed by atoms with van der Waals surface area (Å²) < 4.78 is 4.86. The van der Waals surface area contributed by atoms with Crippen molar-refractivity contribution in [1.82, 2.24) is 0 Å². The highest BCUT2D eigenvalue weighted by atomic mass is 16.5. The van der Waals surface area contributed by atoms with Crippen LogP contribution in [-0.4, -0.2) is 12.6 Å². The van der Waals surface area contributed by atoms with Gasteiger partial charge >= 0.3 is 5.97 Å². The molecule has 0 heterocycles. The third-order valence-corrected chi connectivity index (χ3v) is 1.76. The monoisotopic (exact) mass is 190 g/mol. The summed E-state index contributed by atoms with van der Waals surface area (Å²) in [5.74, 6) is -0.226. The van der Waals surface area contributed by atoms with Crippen molar-refractivity contribution in [3.8, 4) is 0 Å². The molecule has 74 valence electrons. The molecule has 0 aromatic carbocycles. The van der Waals surface area contributed by atoms with Crippen molar-refractivity contribution in [2.75, 3.05) is 6.61 Å². The average Bonchev–Trinajstić information content (AvgIpc) is 2.07. The summed E-state index contributed by atoms with van der Waals surface area (Å²) >= 11 is 0. The fourth-order valence-electron chi connectivity index (χ4n) is 1.09. The first kappa shape index (κ1) is 10.5. The number of allylic oxidation sites excluding steroid dienone is 7. The molecular weight excluding hydrogens is 176 g/mol. The van der Waals surface area contributed by atoms with Crippen molar-refractivity contribution in [2.24, 2.45) is 0 Å². The van der Waals surface area contributed by atoms with E-state index in [9.17, 15) is 4.79 Å². The van der Waals surface area contributed by atoms with Crippen LogP contribution in [0.3, 0.4) is 0 Å². The van der Waals surface area contributed by atoms with Gasteiger partial charge < -0.3 is 4.74 Å². The van der Waals surface area contributed by atoms with E-state index in [4.69, 9.17) is 4.74 Å². The molecule has 1 aliphatic carbocycles. The zero-order chi connectivity index (χ0) is 10.2. The number of esters is 1. The van der Waals surface area contributed by atoms with Gasteiger partial charge in [0.05, 0.1) is 6.61 Å². The van der Waals surface area contributed by atoms with Crippen LogP contribution < -0.4 is 0 Å². The maximum Gasteiger partial charge on any atom is 0.302 e. The van der Waals surface area contributed by atoms with Gasteiger partial charge in [0, 0.05) is 13.3 Å². The number of carbonyl (C=O) groups is 1. The lowest BCUT2D eigenvalue weighted by Gasteiger charge is -2.02. The molecule has 0 spiro atoms. The minimum absolute atomic E-state index is 0.226. The molecule has 2 heteroatoms. The summed E-state index contributed by atoms with van der Waals surface area (Å²) in [5.41, 5.74) is 1.16. The molecule has 0 saturated heterocycles. The molecule has 0 bridgehead atoms. The summed E-state index contributed by atoms with van der Waals surface area (Å²) in [6.07, 6.45) is 14.6. The molecule has 0 saturated carbocycles. The van der Waals surface area contributed by atoms with Gasteiger partial charge in [0.1, 0.15) is 0 Å². The second kappa shape index (κ2) is 5.97. The maximum atomic E-state index is 10.5. The normalized spacial score (nSPS) is 25.1. The van der Waals surface area contributed by atoms with Crippen LogP contribution in [0.15, 0.2) is 48.1 Å². The van der Waals surface area contributed by atoms with E-state index in [0.29, 0.717) is 6.61 Å². The van der Waals surface area contributed by atoms with Gasteiger partial charge in [-0.15, -0.1) is 0 Å². The Kier molecular flexibility index (Phi) is 4.48. The van der Waals surface area contributed by atoms with Crippen LogP contribution in [0.5, 0.6) is 0 Å². The molecule has 0 N–H and O–H groups in total. The topological polar surface area (TPSA) is 26.3 Å². The Morgan fingerprint density at radius 1 is 1.21 bits per heavy atom. The van der Waals surface area contributed by atoms with Gasteiger partial charge in [-0.1, -0.05) is 42.5 Å². The molecule has 0 aliphatic heterocycles. The summed E-state index contributed by atoms with van der Waals surface area (Å²) in [6.45, 7) is 1.87. The maximum absolute atomic E-state index is 10.5. The van der Waals surface area contributed by atoms with Crippen molar-refractivity contribution >= 4 is 5.97 Å². The summed E-state index contributed by atoms with van der Waals surface area (Å²) in [5, 5.41) is 0. The lowest BCUT2D eigenvalue weighted by atomic mass is 10.1. The third kappa shape index (κ3) is 4.45. The average molecular weight is 190 g/mol. The lowest BCUT2D eigenvalue weighted by Crippen LogP contribution is -2.00. The highest BCUT2D eigenvalue weighted by molar-refractivity contribution is 5.65. The van der Waals surface area contributed by atoms with Gasteiger partial charge in [-0.2, -0.15) is 0 Å². The lowest BCUT2D eigenvalue weighted by molar-refractivity contribution is -0.140. The smallest absolute Gasteiger partial charge is 0.302 e. The largest absolute Gasteiger partial charge is 0.466 e. The predicted molar refractivity (Wildman–Crippen MR) is 56.8 cm³/mol. The Balaban J connectivity index is 2.39. The number of hydrogen-bond donors (Lipinski definition) is 0. The fourth-order valence-corrected chi connectivity index (χ4v) is 1.09. The van der Waals surface area contributed by atoms with Gasteiger partial charge in [0.25, 0.3) is 0 Å². The zero-order valence-electron chi connectivity index (χ0n) is 8.27. The van der Waals surface area contributed by atoms with E-state index < -0.39 is 0 Å². The Bertz CT molecular complexity index is 306. The molecule has 0 aromatic heterocycles. The van der Waals surface area contributed by atoms with E-state index in [2.05, 4.69) is 0 Å². The van der Waals surface area contributed by atoms with Gasteiger partial charge in [-0.3, -0.25) is 4.79 Å². The fraction of sp³-hybridized carbons (Fsp3) is 0.250. The molecule has 0 atom stereocenters. The van der Waals surface area contributed by atoms with Crippen molar-refractivity contribution < 1.29 is 9.53 Å². The van der Waals surface area contributed by atoms with E-state index >= 15 is 0 Å². The van der Waals surface area contributed by atoms with E-state index in [1.54, 1.807) is 0 Å². The molecule has 1 rings (SSSR count). The van der Waals surface area contributed by atoms with E-state index in [0.717, 1.165) is 12.0 Å². The first-order chi connectivity index (χ1) is 6.79. The summed E-state index contributed by atoms with van der Waals surface area (Å²) in [7, 11) is 0. The zero-order valence-corrected chi connectivity index (χ0v) is 8.27. The summed E-state index contributed by atoms with van der Waals surface area (Å²) in [6, 6.07) is 0. The quantitative estimate of drug-likeness (QED) is 0.639.